The van der Waals surface area contributed by atoms with Gasteiger partial charge in [0.05, 0.1) is 6.54 Å². The van der Waals surface area contributed by atoms with E-state index in [0.29, 0.717) is 18.4 Å². The second-order valence-electron chi connectivity index (χ2n) is 9.03. The van der Waals surface area contributed by atoms with Crippen molar-refractivity contribution in [2.75, 3.05) is 29.2 Å². The van der Waals surface area contributed by atoms with Gasteiger partial charge in [-0.15, -0.1) is 0 Å². The minimum Gasteiger partial charge on any atom is -0.378 e. The summed E-state index contributed by atoms with van der Waals surface area (Å²) >= 11 is 0. The van der Waals surface area contributed by atoms with Crippen LogP contribution in [0.4, 0.5) is 21.9 Å². The Morgan fingerprint density at radius 3 is 1.81 bits per heavy atom. The van der Waals surface area contributed by atoms with E-state index in [1.807, 2.05) is 49.3 Å². The van der Waals surface area contributed by atoms with E-state index in [-0.39, 0.29) is 6.03 Å². The van der Waals surface area contributed by atoms with E-state index >= 15 is 0 Å². The molecule has 2 amide bonds. The summed E-state index contributed by atoms with van der Waals surface area (Å²) in [5.41, 5.74) is 6.34. The molecular formula is C28H35N3O. The molecule has 0 spiro atoms. The molecular weight excluding hydrogens is 394 g/mol. The van der Waals surface area contributed by atoms with Crippen LogP contribution in [-0.2, 0) is 6.54 Å². The molecule has 3 aromatic rings. The van der Waals surface area contributed by atoms with Gasteiger partial charge in [-0.05, 0) is 52.8 Å². The first-order valence-corrected chi connectivity index (χ1v) is 11.3. The largest absolute Gasteiger partial charge is 0.378 e. The normalized spacial score (nSPS) is 11.0. The molecule has 0 saturated heterocycles. The van der Waals surface area contributed by atoms with Crippen molar-refractivity contribution < 1.29 is 4.79 Å². The predicted octanol–water partition coefficient (Wildman–Crippen LogP) is 7.24. The standard InChI is InChI=1S/C28H35N3O/c1-20(2)25-13-10-14-26(21(3)4)27(25)29-28(32)31(24-11-8-7-9-12-24)19-22-15-17-23(18-16-22)30(5)6/h7-18,20-21H,19H2,1-6H3,(H,29,32). The van der Waals surface area contributed by atoms with Gasteiger partial charge in [0.15, 0.2) is 0 Å². The average Bonchev–Trinajstić information content (AvgIpc) is 2.78. The summed E-state index contributed by atoms with van der Waals surface area (Å²) in [7, 11) is 4.05. The predicted molar refractivity (Wildman–Crippen MR) is 137 cm³/mol. The molecule has 3 aromatic carbocycles. The molecule has 0 radical (unpaired) electrons. The first-order valence-electron chi connectivity index (χ1n) is 11.3. The number of benzene rings is 3. The first kappa shape index (κ1) is 23.4. The molecule has 0 fully saturated rings. The molecule has 0 aromatic heterocycles. The number of carbonyl (C=O) groups excluding carboxylic acids is 1. The third-order valence-corrected chi connectivity index (χ3v) is 5.71. The molecule has 4 heteroatoms. The Morgan fingerprint density at radius 2 is 1.31 bits per heavy atom. The third-order valence-electron chi connectivity index (χ3n) is 5.71. The maximum Gasteiger partial charge on any atom is 0.326 e. The van der Waals surface area contributed by atoms with E-state index < -0.39 is 0 Å². The Hall–Kier alpha value is -3.27. The van der Waals surface area contributed by atoms with Gasteiger partial charge in [0.1, 0.15) is 0 Å². The highest BCUT2D eigenvalue weighted by molar-refractivity contribution is 6.02. The van der Waals surface area contributed by atoms with Gasteiger partial charge in [0.2, 0.25) is 0 Å². The second kappa shape index (κ2) is 10.4. The lowest BCUT2D eigenvalue weighted by Crippen LogP contribution is -2.35. The summed E-state index contributed by atoms with van der Waals surface area (Å²) in [6.45, 7) is 9.14. The molecule has 0 bridgehead atoms. The van der Waals surface area contributed by atoms with Crippen molar-refractivity contribution in [3.05, 3.63) is 89.5 Å². The minimum absolute atomic E-state index is 0.122. The number of carbonyl (C=O) groups is 1. The number of urea groups is 1. The molecule has 168 valence electrons. The van der Waals surface area contributed by atoms with Gasteiger partial charge in [-0.25, -0.2) is 4.79 Å². The first-order chi connectivity index (χ1) is 15.3. The summed E-state index contributed by atoms with van der Waals surface area (Å²) < 4.78 is 0. The van der Waals surface area contributed by atoms with Gasteiger partial charge in [0.25, 0.3) is 0 Å². The molecule has 1 N–H and O–H groups in total. The van der Waals surface area contributed by atoms with Gasteiger partial charge < -0.3 is 10.2 Å². The Bertz CT molecular complexity index is 998. The van der Waals surface area contributed by atoms with Crippen LogP contribution in [0.5, 0.6) is 0 Å². The average molecular weight is 430 g/mol. The van der Waals surface area contributed by atoms with Crippen LogP contribution in [-0.4, -0.2) is 20.1 Å². The fourth-order valence-electron chi connectivity index (χ4n) is 3.84. The molecule has 0 aliphatic rings. The number of hydrogen-bond acceptors (Lipinski definition) is 2. The number of nitrogens with zero attached hydrogens (tertiary/aromatic N) is 2. The fourth-order valence-corrected chi connectivity index (χ4v) is 3.84. The molecule has 4 nitrogen and oxygen atoms in total. The minimum atomic E-state index is -0.122. The monoisotopic (exact) mass is 429 g/mol. The van der Waals surface area contributed by atoms with Gasteiger partial charge in [0, 0.05) is 31.2 Å². The molecule has 0 aliphatic carbocycles. The highest BCUT2D eigenvalue weighted by Crippen LogP contribution is 2.33. The molecule has 0 atom stereocenters. The van der Waals surface area contributed by atoms with Crippen LogP contribution in [0.3, 0.4) is 0 Å². The van der Waals surface area contributed by atoms with Crippen molar-refractivity contribution in [1.29, 1.82) is 0 Å². The Labute approximate surface area is 192 Å². The van der Waals surface area contributed by atoms with Gasteiger partial charge in [-0.3, -0.25) is 4.90 Å². The number of amides is 2. The Balaban J connectivity index is 1.95. The van der Waals surface area contributed by atoms with Crippen molar-refractivity contribution in [3.63, 3.8) is 0 Å². The molecule has 0 saturated carbocycles. The molecule has 3 rings (SSSR count). The number of para-hydroxylation sites is 2. The molecule has 0 aliphatic heterocycles. The lowest BCUT2D eigenvalue weighted by molar-refractivity contribution is 0.256. The zero-order valence-electron chi connectivity index (χ0n) is 20.1. The lowest BCUT2D eigenvalue weighted by Gasteiger charge is -2.26. The summed E-state index contributed by atoms with van der Waals surface area (Å²) in [5.74, 6) is 0.625. The van der Waals surface area contributed by atoms with Gasteiger partial charge in [-0.2, -0.15) is 0 Å². The van der Waals surface area contributed by atoms with Crippen molar-refractivity contribution in [2.24, 2.45) is 0 Å². The molecule has 0 unspecified atom stereocenters. The number of nitrogens with one attached hydrogen (secondary N) is 1. The van der Waals surface area contributed by atoms with E-state index in [0.717, 1.165) is 33.8 Å². The van der Waals surface area contributed by atoms with E-state index in [4.69, 9.17) is 0 Å². The van der Waals surface area contributed by atoms with Crippen LogP contribution < -0.4 is 15.1 Å². The number of hydrogen-bond donors (Lipinski definition) is 1. The Kier molecular flexibility index (Phi) is 7.57. The van der Waals surface area contributed by atoms with Crippen LogP contribution >= 0.6 is 0 Å². The van der Waals surface area contributed by atoms with Crippen molar-refractivity contribution in [2.45, 2.75) is 46.1 Å². The van der Waals surface area contributed by atoms with Gasteiger partial charge in [-0.1, -0.05) is 76.2 Å². The molecule has 0 heterocycles. The SMILES string of the molecule is CC(C)c1cccc(C(C)C)c1NC(=O)N(Cc1ccc(N(C)C)cc1)c1ccccc1. The maximum atomic E-state index is 13.6. The summed E-state index contributed by atoms with van der Waals surface area (Å²) in [4.78, 5) is 17.5. The smallest absolute Gasteiger partial charge is 0.326 e. The zero-order valence-corrected chi connectivity index (χ0v) is 20.1. The summed E-state index contributed by atoms with van der Waals surface area (Å²) in [6, 6.07) is 24.4. The van der Waals surface area contributed by atoms with Crippen LogP contribution in [0.2, 0.25) is 0 Å². The van der Waals surface area contributed by atoms with Crippen molar-refractivity contribution in [1.82, 2.24) is 0 Å². The van der Waals surface area contributed by atoms with Crippen molar-refractivity contribution >= 4 is 23.1 Å². The summed E-state index contributed by atoms with van der Waals surface area (Å²) in [5, 5.41) is 3.27. The fraction of sp³-hybridized carbons (Fsp3) is 0.321. The highest BCUT2D eigenvalue weighted by atomic mass is 16.2. The van der Waals surface area contributed by atoms with Crippen LogP contribution in [0.25, 0.3) is 0 Å². The van der Waals surface area contributed by atoms with Gasteiger partial charge >= 0.3 is 6.03 Å². The number of rotatable bonds is 7. The zero-order chi connectivity index (χ0) is 23.3. The second-order valence-corrected chi connectivity index (χ2v) is 9.03. The highest BCUT2D eigenvalue weighted by Gasteiger charge is 2.21. The maximum absolute atomic E-state index is 13.6. The quantitative estimate of drug-likeness (QED) is 0.430. The van der Waals surface area contributed by atoms with E-state index in [1.54, 1.807) is 0 Å². The van der Waals surface area contributed by atoms with Crippen LogP contribution in [0.1, 0.15) is 56.2 Å². The topological polar surface area (TPSA) is 35.6 Å². The number of anilines is 3. The summed E-state index contributed by atoms with van der Waals surface area (Å²) in [6.07, 6.45) is 0. The van der Waals surface area contributed by atoms with E-state index in [9.17, 15) is 4.79 Å². The molecule has 32 heavy (non-hydrogen) atoms. The van der Waals surface area contributed by atoms with Crippen LogP contribution in [0.15, 0.2) is 72.8 Å². The Morgan fingerprint density at radius 1 is 0.750 bits per heavy atom. The van der Waals surface area contributed by atoms with E-state index in [1.165, 1.54) is 0 Å². The van der Waals surface area contributed by atoms with Crippen LogP contribution in [0, 0.1) is 0 Å². The lowest BCUT2D eigenvalue weighted by atomic mass is 9.93. The van der Waals surface area contributed by atoms with Crippen molar-refractivity contribution in [3.8, 4) is 0 Å². The third kappa shape index (κ3) is 5.50. The van der Waals surface area contributed by atoms with E-state index in [2.05, 4.69) is 80.4 Å².